The largest absolute Gasteiger partial charge is 0.494 e. The van der Waals surface area contributed by atoms with E-state index >= 15 is 0 Å². The summed E-state index contributed by atoms with van der Waals surface area (Å²) in [5.74, 6) is 0.295. The molecule has 2 aromatic carbocycles. The third-order valence-electron chi connectivity index (χ3n) is 4.21. The van der Waals surface area contributed by atoms with E-state index in [2.05, 4.69) is 22.8 Å². The molecule has 6 heteroatoms. The molecule has 148 valence electrons. The first kappa shape index (κ1) is 21.2. The van der Waals surface area contributed by atoms with Gasteiger partial charge in [-0.05, 0) is 67.3 Å². The summed E-state index contributed by atoms with van der Waals surface area (Å²) in [5, 5.41) is 6.76. The quantitative estimate of drug-likeness (QED) is 0.510. The minimum atomic E-state index is -0.310. The fourth-order valence-corrected chi connectivity index (χ4v) is 2.43. The van der Waals surface area contributed by atoms with Crippen LogP contribution in [-0.4, -0.2) is 24.6 Å². The van der Waals surface area contributed by atoms with Gasteiger partial charge in [0, 0.05) is 18.5 Å². The SMILES string of the molecule is CCCOc1ccc(C=NNC(=O)CCC(=O)Nc2cccc(C)c2C)cc1. The monoisotopic (exact) mass is 381 g/mol. The number of nitrogens with zero attached hydrogens (tertiary/aromatic N) is 1. The first-order valence-electron chi connectivity index (χ1n) is 9.40. The van der Waals surface area contributed by atoms with Crippen molar-refractivity contribution in [3.8, 4) is 5.75 Å². The Morgan fingerprint density at radius 3 is 2.46 bits per heavy atom. The molecule has 0 radical (unpaired) electrons. The summed E-state index contributed by atoms with van der Waals surface area (Å²) >= 11 is 0. The average Bonchev–Trinajstić information content (AvgIpc) is 2.69. The van der Waals surface area contributed by atoms with Crippen molar-refractivity contribution in [1.82, 2.24) is 5.43 Å². The van der Waals surface area contributed by atoms with E-state index in [4.69, 9.17) is 4.74 Å². The van der Waals surface area contributed by atoms with Gasteiger partial charge in [-0.3, -0.25) is 9.59 Å². The van der Waals surface area contributed by atoms with Crippen LogP contribution < -0.4 is 15.5 Å². The molecular formula is C22H27N3O3. The Kier molecular flexibility index (Phi) is 8.21. The summed E-state index contributed by atoms with van der Waals surface area (Å²) in [5.41, 5.74) is 6.19. The maximum Gasteiger partial charge on any atom is 0.240 e. The van der Waals surface area contributed by atoms with E-state index < -0.39 is 0 Å². The second-order valence-corrected chi connectivity index (χ2v) is 6.51. The van der Waals surface area contributed by atoms with E-state index in [1.807, 2.05) is 56.3 Å². The molecule has 0 aliphatic carbocycles. The van der Waals surface area contributed by atoms with Crippen LogP contribution in [0.15, 0.2) is 47.6 Å². The average molecular weight is 381 g/mol. The number of hydrazone groups is 1. The fourth-order valence-electron chi connectivity index (χ4n) is 2.43. The van der Waals surface area contributed by atoms with Crippen molar-refractivity contribution in [1.29, 1.82) is 0 Å². The molecule has 0 saturated heterocycles. The number of nitrogens with one attached hydrogen (secondary N) is 2. The molecule has 28 heavy (non-hydrogen) atoms. The van der Waals surface area contributed by atoms with Gasteiger partial charge in [-0.15, -0.1) is 0 Å². The number of ether oxygens (including phenoxy) is 1. The Labute approximate surface area is 166 Å². The Morgan fingerprint density at radius 1 is 1.04 bits per heavy atom. The van der Waals surface area contributed by atoms with Gasteiger partial charge in [0.05, 0.1) is 12.8 Å². The van der Waals surface area contributed by atoms with Crippen LogP contribution in [0, 0.1) is 13.8 Å². The highest BCUT2D eigenvalue weighted by molar-refractivity contribution is 5.94. The van der Waals surface area contributed by atoms with Crippen molar-refractivity contribution >= 4 is 23.7 Å². The van der Waals surface area contributed by atoms with Crippen molar-refractivity contribution in [3.63, 3.8) is 0 Å². The van der Waals surface area contributed by atoms with Crippen LogP contribution in [0.4, 0.5) is 5.69 Å². The topological polar surface area (TPSA) is 79.8 Å². The van der Waals surface area contributed by atoms with Gasteiger partial charge in [-0.2, -0.15) is 5.10 Å². The number of carbonyl (C=O) groups is 2. The van der Waals surface area contributed by atoms with Crippen LogP contribution in [0.2, 0.25) is 0 Å². The molecule has 0 aliphatic rings. The summed E-state index contributed by atoms with van der Waals surface area (Å²) in [6.07, 6.45) is 2.67. The highest BCUT2D eigenvalue weighted by Gasteiger charge is 2.08. The molecule has 0 aliphatic heterocycles. The lowest BCUT2D eigenvalue weighted by atomic mass is 10.1. The van der Waals surface area contributed by atoms with Crippen LogP contribution >= 0.6 is 0 Å². The van der Waals surface area contributed by atoms with E-state index in [0.29, 0.717) is 6.61 Å². The van der Waals surface area contributed by atoms with Crippen LogP contribution in [0.25, 0.3) is 0 Å². The first-order valence-corrected chi connectivity index (χ1v) is 9.40. The molecule has 6 nitrogen and oxygen atoms in total. The minimum absolute atomic E-state index is 0.0673. The third-order valence-corrected chi connectivity index (χ3v) is 4.21. The van der Waals surface area contributed by atoms with Crippen molar-refractivity contribution < 1.29 is 14.3 Å². The van der Waals surface area contributed by atoms with E-state index in [-0.39, 0.29) is 24.7 Å². The van der Waals surface area contributed by atoms with Gasteiger partial charge in [0.15, 0.2) is 0 Å². The molecule has 2 amide bonds. The molecule has 0 unspecified atom stereocenters. The lowest BCUT2D eigenvalue weighted by Gasteiger charge is -2.10. The second kappa shape index (κ2) is 10.9. The summed E-state index contributed by atoms with van der Waals surface area (Å²) in [7, 11) is 0. The van der Waals surface area contributed by atoms with Gasteiger partial charge >= 0.3 is 0 Å². The van der Waals surface area contributed by atoms with Crippen molar-refractivity contribution in [3.05, 3.63) is 59.2 Å². The maximum absolute atomic E-state index is 12.0. The zero-order chi connectivity index (χ0) is 20.4. The van der Waals surface area contributed by atoms with Crippen molar-refractivity contribution in [2.24, 2.45) is 5.10 Å². The lowest BCUT2D eigenvalue weighted by Crippen LogP contribution is -2.21. The molecule has 0 saturated carbocycles. The number of carbonyl (C=O) groups excluding carboxylic acids is 2. The number of hydrogen-bond donors (Lipinski definition) is 2. The van der Waals surface area contributed by atoms with E-state index in [9.17, 15) is 9.59 Å². The van der Waals surface area contributed by atoms with Gasteiger partial charge in [0.2, 0.25) is 11.8 Å². The number of aryl methyl sites for hydroxylation is 1. The van der Waals surface area contributed by atoms with Crippen LogP contribution in [0.3, 0.4) is 0 Å². The minimum Gasteiger partial charge on any atom is -0.494 e. The van der Waals surface area contributed by atoms with Gasteiger partial charge < -0.3 is 10.1 Å². The number of anilines is 1. The first-order chi connectivity index (χ1) is 13.5. The van der Waals surface area contributed by atoms with E-state index in [0.717, 1.165) is 34.5 Å². The number of rotatable bonds is 9. The van der Waals surface area contributed by atoms with Gasteiger partial charge in [-0.1, -0.05) is 19.1 Å². The predicted octanol–water partition coefficient (Wildman–Crippen LogP) is 3.96. The number of hydrogen-bond acceptors (Lipinski definition) is 4. The Hall–Kier alpha value is -3.15. The van der Waals surface area contributed by atoms with Crippen molar-refractivity contribution in [2.45, 2.75) is 40.0 Å². The molecule has 0 spiro atoms. The van der Waals surface area contributed by atoms with Gasteiger partial charge in [0.25, 0.3) is 0 Å². The fraction of sp³-hybridized carbons (Fsp3) is 0.318. The molecule has 0 atom stereocenters. The van der Waals surface area contributed by atoms with Crippen LogP contribution in [-0.2, 0) is 9.59 Å². The lowest BCUT2D eigenvalue weighted by molar-refractivity contribution is -0.124. The molecule has 2 N–H and O–H groups in total. The highest BCUT2D eigenvalue weighted by Crippen LogP contribution is 2.18. The summed E-state index contributed by atoms with van der Waals surface area (Å²) in [6, 6.07) is 13.2. The Morgan fingerprint density at radius 2 is 1.75 bits per heavy atom. The molecule has 2 aromatic rings. The zero-order valence-corrected chi connectivity index (χ0v) is 16.6. The summed E-state index contributed by atoms with van der Waals surface area (Å²) in [4.78, 5) is 23.9. The molecule has 2 rings (SSSR count). The number of amides is 2. The van der Waals surface area contributed by atoms with Crippen LogP contribution in [0.1, 0.15) is 42.9 Å². The summed E-state index contributed by atoms with van der Waals surface area (Å²) in [6.45, 7) is 6.68. The van der Waals surface area contributed by atoms with E-state index in [1.54, 1.807) is 6.21 Å². The summed E-state index contributed by atoms with van der Waals surface area (Å²) < 4.78 is 5.51. The van der Waals surface area contributed by atoms with E-state index in [1.165, 1.54) is 0 Å². The zero-order valence-electron chi connectivity index (χ0n) is 16.6. The highest BCUT2D eigenvalue weighted by atomic mass is 16.5. The van der Waals surface area contributed by atoms with Crippen molar-refractivity contribution in [2.75, 3.05) is 11.9 Å². The third kappa shape index (κ3) is 6.87. The molecular weight excluding hydrogens is 354 g/mol. The normalized spacial score (nSPS) is 10.7. The molecule has 0 bridgehead atoms. The Balaban J connectivity index is 1.74. The maximum atomic E-state index is 12.0. The smallest absolute Gasteiger partial charge is 0.240 e. The standard InChI is InChI=1S/C22H27N3O3/c1-4-14-28-19-10-8-18(9-11-19)15-23-25-22(27)13-12-21(26)24-20-7-5-6-16(2)17(20)3/h5-11,15H,4,12-14H2,1-3H3,(H,24,26)(H,25,27). The molecule has 0 aromatic heterocycles. The second-order valence-electron chi connectivity index (χ2n) is 6.51. The van der Waals surface area contributed by atoms with Gasteiger partial charge in [-0.25, -0.2) is 5.43 Å². The van der Waals surface area contributed by atoms with Gasteiger partial charge in [0.1, 0.15) is 5.75 Å². The van der Waals surface area contributed by atoms with Crippen LogP contribution in [0.5, 0.6) is 5.75 Å². The molecule has 0 heterocycles. The number of benzene rings is 2. The Bertz CT molecular complexity index is 829. The molecule has 0 fully saturated rings. The predicted molar refractivity (Wildman–Crippen MR) is 112 cm³/mol.